The molecule has 7 nitrogen and oxygen atoms in total. The lowest BCUT2D eigenvalue weighted by molar-refractivity contribution is -0.136. The van der Waals surface area contributed by atoms with E-state index in [0.29, 0.717) is 32.5 Å². The van der Waals surface area contributed by atoms with Gasteiger partial charge in [0.05, 0.1) is 12.6 Å². The third kappa shape index (κ3) is 7.41. The summed E-state index contributed by atoms with van der Waals surface area (Å²) in [5, 5.41) is 7.62. The van der Waals surface area contributed by atoms with Gasteiger partial charge in [-0.2, -0.15) is 0 Å². The van der Waals surface area contributed by atoms with E-state index in [2.05, 4.69) is 16.7 Å². The molecule has 2 heterocycles. The third-order valence-corrected chi connectivity index (χ3v) is 5.84. The van der Waals surface area contributed by atoms with Gasteiger partial charge in [0.15, 0.2) is 0 Å². The molecule has 1 aromatic rings. The van der Waals surface area contributed by atoms with Crippen LogP contribution >= 0.6 is 23.7 Å². The Bertz CT molecular complexity index is 631. The number of carbonyl (C=O) groups is 3. The van der Waals surface area contributed by atoms with E-state index in [1.807, 2.05) is 25.3 Å². The summed E-state index contributed by atoms with van der Waals surface area (Å²) in [4.78, 5) is 39.3. The highest BCUT2D eigenvalue weighted by Crippen LogP contribution is 2.17. The predicted octanol–water partition coefficient (Wildman–Crippen LogP) is 1.17. The van der Waals surface area contributed by atoms with Crippen molar-refractivity contribution in [2.24, 2.45) is 17.6 Å². The molecule has 0 bridgehead atoms. The molecular formula is C19H31ClN4O3S. The van der Waals surface area contributed by atoms with Crippen LogP contribution in [0.4, 0.5) is 0 Å². The van der Waals surface area contributed by atoms with Crippen LogP contribution in [0.1, 0.15) is 31.6 Å². The molecule has 0 aliphatic carbocycles. The van der Waals surface area contributed by atoms with Gasteiger partial charge in [-0.3, -0.25) is 14.4 Å². The van der Waals surface area contributed by atoms with Gasteiger partial charge in [0, 0.05) is 30.4 Å². The maximum Gasteiger partial charge on any atom is 0.241 e. The monoisotopic (exact) mass is 430 g/mol. The molecule has 1 saturated heterocycles. The lowest BCUT2D eigenvalue weighted by Gasteiger charge is -2.31. The van der Waals surface area contributed by atoms with E-state index in [1.54, 1.807) is 16.2 Å². The first-order valence-corrected chi connectivity index (χ1v) is 10.4. The van der Waals surface area contributed by atoms with Crippen molar-refractivity contribution in [2.75, 3.05) is 26.2 Å². The quantitative estimate of drug-likeness (QED) is 0.575. The predicted molar refractivity (Wildman–Crippen MR) is 113 cm³/mol. The molecule has 158 valence electrons. The number of halogens is 1. The van der Waals surface area contributed by atoms with Crippen molar-refractivity contribution in [1.82, 2.24) is 15.5 Å². The van der Waals surface area contributed by atoms with Crippen LogP contribution in [0.3, 0.4) is 0 Å². The van der Waals surface area contributed by atoms with Crippen LogP contribution < -0.4 is 16.4 Å². The number of nitrogens with zero attached hydrogens (tertiary/aromatic N) is 1. The molecule has 0 aromatic carbocycles. The number of hydrogen-bond donors (Lipinski definition) is 3. The number of nitrogens with two attached hydrogens (primary N) is 1. The van der Waals surface area contributed by atoms with Crippen molar-refractivity contribution in [3.8, 4) is 0 Å². The Morgan fingerprint density at radius 2 is 1.93 bits per heavy atom. The highest BCUT2D eigenvalue weighted by molar-refractivity contribution is 7.09. The zero-order valence-electron chi connectivity index (χ0n) is 16.5. The average molecular weight is 431 g/mol. The summed E-state index contributed by atoms with van der Waals surface area (Å²) in [5.74, 6) is -0.403. The number of piperidine rings is 1. The topological polar surface area (TPSA) is 105 Å². The maximum absolute atomic E-state index is 12.3. The van der Waals surface area contributed by atoms with Gasteiger partial charge < -0.3 is 21.3 Å². The van der Waals surface area contributed by atoms with Gasteiger partial charge in [-0.1, -0.05) is 19.9 Å². The largest absolute Gasteiger partial charge is 0.355 e. The second kappa shape index (κ2) is 12.0. The van der Waals surface area contributed by atoms with Gasteiger partial charge in [-0.05, 0) is 36.6 Å². The number of nitrogens with one attached hydrogen (secondary N) is 2. The number of hydrogen-bond acceptors (Lipinski definition) is 5. The van der Waals surface area contributed by atoms with Crippen molar-refractivity contribution in [3.63, 3.8) is 0 Å². The number of rotatable bonds is 8. The van der Waals surface area contributed by atoms with Crippen LogP contribution in [0.5, 0.6) is 0 Å². The molecule has 0 spiro atoms. The van der Waals surface area contributed by atoms with E-state index in [4.69, 9.17) is 5.73 Å². The first-order valence-electron chi connectivity index (χ1n) is 9.49. The number of thiophene rings is 1. The van der Waals surface area contributed by atoms with Crippen molar-refractivity contribution in [2.45, 2.75) is 39.2 Å². The van der Waals surface area contributed by atoms with Crippen LogP contribution in [0.25, 0.3) is 0 Å². The van der Waals surface area contributed by atoms with E-state index in [0.717, 1.165) is 6.42 Å². The molecule has 1 aliphatic rings. The summed E-state index contributed by atoms with van der Waals surface area (Å²) in [6, 6.07) is 3.46. The van der Waals surface area contributed by atoms with Crippen molar-refractivity contribution < 1.29 is 14.4 Å². The summed E-state index contributed by atoms with van der Waals surface area (Å²) in [6.45, 7) is 5.39. The molecular weight excluding hydrogens is 400 g/mol. The summed E-state index contributed by atoms with van der Waals surface area (Å²) in [7, 11) is 0. The second-order valence-electron chi connectivity index (χ2n) is 7.26. The van der Waals surface area contributed by atoms with Crippen molar-refractivity contribution in [1.29, 1.82) is 0 Å². The Kier molecular flexibility index (Phi) is 10.5. The van der Waals surface area contributed by atoms with Crippen LogP contribution in [0.2, 0.25) is 0 Å². The zero-order chi connectivity index (χ0) is 19.8. The fraction of sp³-hybridized carbons (Fsp3) is 0.632. The zero-order valence-corrected chi connectivity index (χ0v) is 18.1. The van der Waals surface area contributed by atoms with Crippen LogP contribution in [0.15, 0.2) is 17.5 Å². The van der Waals surface area contributed by atoms with Gasteiger partial charge in [0.25, 0.3) is 0 Å². The van der Waals surface area contributed by atoms with Gasteiger partial charge in [-0.15, -0.1) is 23.7 Å². The van der Waals surface area contributed by atoms with E-state index in [1.165, 1.54) is 4.88 Å². The van der Waals surface area contributed by atoms with E-state index < -0.39 is 6.04 Å². The second-order valence-corrected chi connectivity index (χ2v) is 8.30. The van der Waals surface area contributed by atoms with Crippen molar-refractivity contribution >= 4 is 41.5 Å². The fourth-order valence-corrected chi connectivity index (χ4v) is 3.70. The minimum atomic E-state index is -0.610. The summed E-state index contributed by atoms with van der Waals surface area (Å²) in [5.41, 5.74) is 5.77. The van der Waals surface area contributed by atoms with E-state index in [-0.39, 0.29) is 48.5 Å². The number of likely N-dealkylation sites (tertiary alicyclic amines) is 1. The lowest BCUT2D eigenvalue weighted by atomic mass is 9.96. The van der Waals surface area contributed by atoms with Crippen LogP contribution in [0, 0.1) is 11.8 Å². The molecule has 0 saturated carbocycles. The Hall–Kier alpha value is -1.64. The molecule has 1 aliphatic heterocycles. The molecule has 1 atom stereocenters. The van der Waals surface area contributed by atoms with E-state index >= 15 is 0 Å². The fourth-order valence-electron chi connectivity index (χ4n) is 2.99. The van der Waals surface area contributed by atoms with Gasteiger partial charge in [0.1, 0.15) is 0 Å². The molecule has 1 fully saturated rings. The van der Waals surface area contributed by atoms with Crippen molar-refractivity contribution in [3.05, 3.63) is 22.4 Å². The minimum Gasteiger partial charge on any atom is -0.355 e. The first-order chi connectivity index (χ1) is 12.9. The van der Waals surface area contributed by atoms with Gasteiger partial charge in [-0.25, -0.2) is 0 Å². The molecule has 2 rings (SSSR count). The van der Waals surface area contributed by atoms with Crippen LogP contribution in [-0.4, -0.2) is 54.8 Å². The Labute approximate surface area is 176 Å². The smallest absolute Gasteiger partial charge is 0.241 e. The summed E-state index contributed by atoms with van der Waals surface area (Å²) >= 11 is 1.69. The molecule has 1 aromatic heterocycles. The minimum absolute atomic E-state index is 0. The highest BCUT2D eigenvalue weighted by atomic mass is 35.5. The maximum atomic E-state index is 12.3. The average Bonchev–Trinajstić information content (AvgIpc) is 3.18. The van der Waals surface area contributed by atoms with Gasteiger partial charge >= 0.3 is 0 Å². The first kappa shape index (κ1) is 24.4. The third-order valence-electron chi connectivity index (χ3n) is 4.90. The Morgan fingerprint density at radius 3 is 2.50 bits per heavy atom. The lowest BCUT2D eigenvalue weighted by Crippen LogP contribution is -2.50. The standard InChI is InChI=1S/C19H30N4O3S.ClH/c1-13(2)17(20)19(26)22-12-16(24)23-9-6-14(7-10-23)18(25)21-8-5-15-4-3-11-27-15;/h3-4,11,13-14,17H,5-10,12,20H2,1-2H3,(H,21,25)(H,22,26);1H/t17-;/m0./s1. The Balaban J connectivity index is 0.00000392. The van der Waals surface area contributed by atoms with E-state index in [9.17, 15) is 14.4 Å². The molecule has 0 radical (unpaired) electrons. The molecule has 9 heteroatoms. The summed E-state index contributed by atoms with van der Waals surface area (Å²) < 4.78 is 0. The number of amides is 3. The molecule has 0 unspecified atom stereocenters. The molecule has 28 heavy (non-hydrogen) atoms. The SMILES string of the molecule is CC(C)[C@H](N)C(=O)NCC(=O)N1CCC(C(=O)NCCc2cccs2)CC1.Cl. The summed E-state index contributed by atoms with van der Waals surface area (Å²) in [6.07, 6.45) is 2.14. The highest BCUT2D eigenvalue weighted by Gasteiger charge is 2.27. The van der Waals surface area contributed by atoms with Crippen LogP contribution in [-0.2, 0) is 20.8 Å². The van der Waals surface area contributed by atoms with Gasteiger partial charge in [0.2, 0.25) is 17.7 Å². The molecule has 4 N–H and O–H groups in total. The molecule has 3 amide bonds. The Morgan fingerprint density at radius 1 is 1.25 bits per heavy atom. The number of carbonyl (C=O) groups excluding carboxylic acids is 3. The normalized spacial score (nSPS) is 15.6.